The van der Waals surface area contributed by atoms with E-state index in [0.29, 0.717) is 24.7 Å². The molecule has 0 aliphatic carbocycles. The second-order valence-corrected chi connectivity index (χ2v) is 6.19. The molecule has 6 nitrogen and oxygen atoms in total. The van der Waals surface area contributed by atoms with E-state index in [-0.39, 0.29) is 18.6 Å². The van der Waals surface area contributed by atoms with E-state index in [4.69, 9.17) is 0 Å². The van der Waals surface area contributed by atoms with E-state index in [2.05, 4.69) is 39.5 Å². The summed E-state index contributed by atoms with van der Waals surface area (Å²) in [6, 6.07) is 20.3. The number of hydrogen-bond donors (Lipinski definition) is 2. The van der Waals surface area contributed by atoms with Crippen molar-refractivity contribution in [1.29, 1.82) is 0 Å². The molecule has 26 heavy (non-hydrogen) atoms. The zero-order valence-corrected chi connectivity index (χ0v) is 14.2. The number of aromatic nitrogens is 2. The smallest absolute Gasteiger partial charge is 0.273 e. The summed E-state index contributed by atoms with van der Waals surface area (Å²) < 4.78 is 1.70. The number of carbonyl (C=O) groups is 1. The van der Waals surface area contributed by atoms with E-state index in [9.17, 15) is 9.90 Å². The fourth-order valence-corrected chi connectivity index (χ4v) is 3.44. The van der Waals surface area contributed by atoms with Gasteiger partial charge in [0, 0.05) is 6.54 Å². The van der Waals surface area contributed by atoms with E-state index in [1.165, 1.54) is 0 Å². The predicted molar refractivity (Wildman–Crippen MR) is 98.9 cm³/mol. The zero-order chi connectivity index (χ0) is 17.9. The summed E-state index contributed by atoms with van der Waals surface area (Å²) in [7, 11) is 0. The number of imidazole rings is 1. The van der Waals surface area contributed by atoms with E-state index >= 15 is 0 Å². The monoisotopic (exact) mass is 348 g/mol. The maximum absolute atomic E-state index is 12.4. The van der Waals surface area contributed by atoms with E-state index < -0.39 is 0 Å². The molecule has 3 aromatic rings. The Bertz CT molecular complexity index is 853. The fourth-order valence-electron chi connectivity index (χ4n) is 3.44. The lowest BCUT2D eigenvalue weighted by Gasteiger charge is -2.36. The van der Waals surface area contributed by atoms with Gasteiger partial charge in [-0.3, -0.25) is 4.79 Å². The van der Waals surface area contributed by atoms with Crippen LogP contribution in [0.4, 0.5) is 5.82 Å². The van der Waals surface area contributed by atoms with Gasteiger partial charge in [0.05, 0.1) is 25.6 Å². The molecule has 0 fully saturated rings. The second-order valence-electron chi connectivity index (χ2n) is 6.19. The van der Waals surface area contributed by atoms with Crippen LogP contribution >= 0.6 is 0 Å². The average molecular weight is 348 g/mol. The minimum absolute atomic E-state index is 0.0448. The van der Waals surface area contributed by atoms with Crippen LogP contribution in [0.1, 0.15) is 27.7 Å². The molecule has 0 radical (unpaired) electrons. The van der Waals surface area contributed by atoms with Gasteiger partial charge in [-0.15, -0.1) is 0 Å². The first-order chi connectivity index (χ1) is 12.8. The molecule has 1 aliphatic rings. The number of amides is 1. The third kappa shape index (κ3) is 2.84. The summed E-state index contributed by atoms with van der Waals surface area (Å²) in [4.78, 5) is 19.0. The highest BCUT2D eigenvalue weighted by Gasteiger charge is 2.33. The molecule has 2 aromatic carbocycles. The minimum atomic E-state index is -0.165. The lowest BCUT2D eigenvalue weighted by Crippen LogP contribution is -2.46. The Kier molecular flexibility index (Phi) is 4.41. The van der Waals surface area contributed by atoms with Crippen molar-refractivity contribution in [2.75, 3.05) is 18.2 Å². The maximum Gasteiger partial charge on any atom is 0.273 e. The highest BCUT2D eigenvalue weighted by Crippen LogP contribution is 2.35. The number of aliphatic hydroxyl groups excluding tert-OH is 1. The van der Waals surface area contributed by atoms with E-state index in [1.54, 1.807) is 10.9 Å². The van der Waals surface area contributed by atoms with Gasteiger partial charge in [0.25, 0.3) is 5.91 Å². The molecule has 1 aliphatic heterocycles. The van der Waals surface area contributed by atoms with Crippen LogP contribution in [0.5, 0.6) is 0 Å². The highest BCUT2D eigenvalue weighted by atomic mass is 16.3. The van der Waals surface area contributed by atoms with Gasteiger partial charge in [-0.1, -0.05) is 60.7 Å². The molecular formula is C20H20N4O2. The number of rotatable bonds is 5. The Balaban J connectivity index is 1.83. The van der Waals surface area contributed by atoms with Crippen LogP contribution in [0.25, 0.3) is 0 Å². The van der Waals surface area contributed by atoms with Gasteiger partial charge in [0.2, 0.25) is 0 Å². The summed E-state index contributed by atoms with van der Waals surface area (Å²) >= 11 is 0. The summed E-state index contributed by atoms with van der Waals surface area (Å²) in [5.41, 5.74) is 2.73. The van der Waals surface area contributed by atoms with E-state index in [1.807, 2.05) is 36.4 Å². The van der Waals surface area contributed by atoms with Crippen molar-refractivity contribution in [3.05, 3.63) is 83.8 Å². The summed E-state index contributed by atoms with van der Waals surface area (Å²) in [6.45, 7) is 0.665. The minimum Gasteiger partial charge on any atom is -0.395 e. The molecule has 4 rings (SSSR count). The van der Waals surface area contributed by atoms with Crippen LogP contribution < -0.4 is 10.2 Å². The number of nitrogens with zero attached hydrogens (tertiary/aromatic N) is 3. The highest BCUT2D eigenvalue weighted by molar-refractivity contribution is 5.99. The Labute approximate surface area is 151 Å². The maximum atomic E-state index is 12.4. The first-order valence-electron chi connectivity index (χ1n) is 8.60. The number of benzene rings is 2. The molecule has 0 saturated heterocycles. The third-order valence-electron chi connectivity index (χ3n) is 4.60. The molecule has 0 unspecified atom stereocenters. The Morgan fingerprint density at radius 3 is 2.23 bits per heavy atom. The van der Waals surface area contributed by atoms with Crippen LogP contribution in [0.3, 0.4) is 0 Å². The number of aliphatic hydroxyl groups is 1. The number of hydrogen-bond acceptors (Lipinski definition) is 4. The SMILES string of the molecule is O=C1NCN(C(c2ccccc2)c2ccccc2)c2ncn(CCO)c21. The van der Waals surface area contributed by atoms with Crippen LogP contribution in [0, 0.1) is 0 Å². The number of anilines is 1. The molecule has 6 heteroatoms. The van der Waals surface area contributed by atoms with Crippen LogP contribution in [0.15, 0.2) is 67.0 Å². The Morgan fingerprint density at radius 2 is 1.65 bits per heavy atom. The first-order valence-corrected chi connectivity index (χ1v) is 8.60. The first kappa shape index (κ1) is 16.4. The largest absolute Gasteiger partial charge is 0.395 e. The molecule has 1 amide bonds. The normalized spacial score (nSPS) is 13.6. The summed E-state index contributed by atoms with van der Waals surface area (Å²) in [5.74, 6) is 0.474. The van der Waals surface area contributed by atoms with Crippen LogP contribution in [-0.2, 0) is 6.54 Å². The second kappa shape index (κ2) is 7.01. The third-order valence-corrected chi connectivity index (χ3v) is 4.60. The van der Waals surface area contributed by atoms with Crippen molar-refractivity contribution < 1.29 is 9.90 Å². The number of fused-ring (bicyclic) bond motifs is 1. The average Bonchev–Trinajstić information content (AvgIpc) is 3.11. The molecule has 0 bridgehead atoms. The van der Waals surface area contributed by atoms with Crippen molar-refractivity contribution >= 4 is 11.7 Å². The molecule has 2 N–H and O–H groups in total. The standard InChI is InChI=1S/C20H20N4O2/c25-12-11-23-13-21-19-18(23)20(26)22-14-24(19)17(15-7-3-1-4-8-15)16-9-5-2-6-10-16/h1-10,13,17,25H,11-12,14H2,(H,22,26). The van der Waals surface area contributed by atoms with Crippen molar-refractivity contribution in [3.8, 4) is 0 Å². The fraction of sp³-hybridized carbons (Fsp3) is 0.200. The van der Waals surface area contributed by atoms with Crippen molar-refractivity contribution in [2.24, 2.45) is 0 Å². The predicted octanol–water partition coefficient (Wildman–Crippen LogP) is 2.17. The summed E-state index contributed by atoms with van der Waals surface area (Å²) in [6.07, 6.45) is 1.62. The lowest BCUT2D eigenvalue weighted by atomic mass is 9.97. The Hall–Kier alpha value is -3.12. The quantitative estimate of drug-likeness (QED) is 0.741. The van der Waals surface area contributed by atoms with Gasteiger partial charge in [-0.05, 0) is 11.1 Å². The molecule has 2 heterocycles. The molecule has 132 valence electrons. The summed E-state index contributed by atoms with van der Waals surface area (Å²) in [5, 5.41) is 12.2. The van der Waals surface area contributed by atoms with Crippen LogP contribution in [-0.4, -0.2) is 33.8 Å². The van der Waals surface area contributed by atoms with Crippen molar-refractivity contribution in [2.45, 2.75) is 12.6 Å². The molecule has 0 spiro atoms. The van der Waals surface area contributed by atoms with E-state index in [0.717, 1.165) is 11.1 Å². The van der Waals surface area contributed by atoms with Crippen molar-refractivity contribution in [3.63, 3.8) is 0 Å². The van der Waals surface area contributed by atoms with Gasteiger partial charge in [0.15, 0.2) is 11.5 Å². The van der Waals surface area contributed by atoms with Gasteiger partial charge in [0.1, 0.15) is 0 Å². The van der Waals surface area contributed by atoms with Crippen molar-refractivity contribution in [1.82, 2.24) is 14.9 Å². The van der Waals surface area contributed by atoms with Gasteiger partial charge < -0.3 is 19.9 Å². The van der Waals surface area contributed by atoms with Gasteiger partial charge >= 0.3 is 0 Å². The lowest BCUT2D eigenvalue weighted by molar-refractivity contribution is 0.0935. The number of nitrogens with one attached hydrogen (secondary N) is 1. The topological polar surface area (TPSA) is 70.4 Å². The van der Waals surface area contributed by atoms with Crippen LogP contribution in [0.2, 0.25) is 0 Å². The molecular weight excluding hydrogens is 328 g/mol. The zero-order valence-electron chi connectivity index (χ0n) is 14.2. The molecule has 1 aromatic heterocycles. The Morgan fingerprint density at radius 1 is 1.04 bits per heavy atom. The number of carbonyl (C=O) groups excluding carboxylic acids is 1. The molecule has 0 saturated carbocycles. The van der Waals surface area contributed by atoms with Gasteiger partial charge in [-0.2, -0.15) is 0 Å². The van der Waals surface area contributed by atoms with Gasteiger partial charge in [-0.25, -0.2) is 4.98 Å². The molecule has 0 atom stereocenters.